The lowest BCUT2D eigenvalue weighted by atomic mass is 10.0. The van der Waals surface area contributed by atoms with Crippen molar-refractivity contribution in [3.8, 4) is 0 Å². The van der Waals surface area contributed by atoms with Crippen molar-refractivity contribution < 1.29 is 38.0 Å². The van der Waals surface area contributed by atoms with Crippen LogP contribution in [0.3, 0.4) is 0 Å². The molecule has 0 aromatic heterocycles. The summed E-state index contributed by atoms with van der Waals surface area (Å²) in [5.74, 6) is -0.285. The van der Waals surface area contributed by atoms with E-state index in [9.17, 15) is 24.5 Å². The fourth-order valence-corrected chi connectivity index (χ4v) is 8.38. The van der Waals surface area contributed by atoms with Crippen molar-refractivity contribution in [1.29, 1.82) is 0 Å². The van der Waals surface area contributed by atoms with Crippen LogP contribution in [-0.4, -0.2) is 84.6 Å². The maximum Gasteiger partial charge on any atom is 0.472 e. The van der Waals surface area contributed by atoms with E-state index in [1.54, 1.807) is 0 Å². The molecule has 0 fully saturated rings. The average molecular weight is 1060 g/mol. The van der Waals surface area contributed by atoms with E-state index in [1.807, 2.05) is 28.1 Å². The first kappa shape index (κ1) is 71.3. The highest BCUT2D eigenvalue weighted by Gasteiger charge is 2.31. The number of phosphoric acid groups is 1. The van der Waals surface area contributed by atoms with E-state index in [2.05, 4.69) is 158 Å². The second-order valence-electron chi connectivity index (χ2n) is 20.4. The number of unbranched alkanes of at least 4 members (excludes halogenated alkanes) is 14. The van der Waals surface area contributed by atoms with Gasteiger partial charge in [0, 0.05) is 6.42 Å². The first-order valence-electron chi connectivity index (χ1n) is 29.3. The summed E-state index contributed by atoms with van der Waals surface area (Å²) < 4.78 is 23.6. The van der Waals surface area contributed by atoms with E-state index >= 15 is 0 Å². The number of amides is 1. The van der Waals surface area contributed by atoms with E-state index < -0.39 is 32.7 Å². The summed E-state index contributed by atoms with van der Waals surface area (Å²) in [7, 11) is 1.38. The van der Waals surface area contributed by atoms with Gasteiger partial charge in [-0.1, -0.05) is 211 Å². The molecule has 0 radical (unpaired) electrons. The number of nitrogens with zero attached hydrogens (tertiary/aromatic N) is 1. The van der Waals surface area contributed by atoms with Gasteiger partial charge in [-0.05, 0) is 129 Å². The lowest BCUT2D eigenvalue weighted by molar-refractivity contribution is -0.870. The Balaban J connectivity index is 4.16. The fraction of sp³-hybridized carbons (Fsp3) is 0.615. The van der Waals surface area contributed by atoms with Gasteiger partial charge >= 0.3 is 7.82 Å². The third-order valence-electron chi connectivity index (χ3n) is 12.2. The predicted molar refractivity (Wildman–Crippen MR) is 323 cm³/mol. The van der Waals surface area contributed by atoms with Crippen LogP contribution in [0.2, 0.25) is 0 Å². The molecule has 426 valence electrons. The minimum Gasteiger partial charge on any atom is -0.390 e. The number of aliphatic hydroxyl groups excluding tert-OH is 2. The molecule has 0 aliphatic carbocycles. The van der Waals surface area contributed by atoms with Gasteiger partial charge in [-0.2, -0.15) is 0 Å². The van der Waals surface area contributed by atoms with Gasteiger partial charge in [-0.15, -0.1) is 0 Å². The SMILES string of the molecule is C/C=C/CC/C=C/CC/C=C/CCCC(O)C(O)C(COP(=O)(O)OCC[N+](C)(C)C)NC(=O)CCCCCCCCCCCCC/C=C\C/C=C\C/C=C\C/C=C\C/C=C\C/C=C\C/C=C\C/C=C\C/C=C\CC. The van der Waals surface area contributed by atoms with Gasteiger partial charge < -0.3 is 24.9 Å². The van der Waals surface area contributed by atoms with Crippen molar-refractivity contribution in [1.82, 2.24) is 5.32 Å². The summed E-state index contributed by atoms with van der Waals surface area (Å²) in [5.41, 5.74) is 0. The number of hydrogen-bond donors (Lipinski definition) is 4. The van der Waals surface area contributed by atoms with Crippen molar-refractivity contribution in [2.75, 3.05) is 40.9 Å². The van der Waals surface area contributed by atoms with Crippen LogP contribution in [0, 0.1) is 0 Å². The summed E-state index contributed by atoms with van der Waals surface area (Å²) in [6.45, 7) is 4.22. The molecule has 0 aliphatic heterocycles. The Morgan fingerprint density at radius 3 is 1.28 bits per heavy atom. The number of nitrogens with one attached hydrogen (secondary N) is 1. The molecule has 1 amide bonds. The molecule has 4 N–H and O–H groups in total. The topological polar surface area (TPSA) is 125 Å². The van der Waals surface area contributed by atoms with Gasteiger partial charge in [-0.25, -0.2) is 4.57 Å². The van der Waals surface area contributed by atoms with Gasteiger partial charge in [0.1, 0.15) is 19.3 Å². The molecule has 0 aliphatic rings. The van der Waals surface area contributed by atoms with E-state index in [-0.39, 0.29) is 18.9 Å². The summed E-state index contributed by atoms with van der Waals surface area (Å²) in [5, 5.41) is 24.7. The summed E-state index contributed by atoms with van der Waals surface area (Å²) >= 11 is 0. The highest BCUT2D eigenvalue weighted by Crippen LogP contribution is 2.43. The van der Waals surface area contributed by atoms with Gasteiger partial charge in [0.15, 0.2) is 0 Å². The lowest BCUT2D eigenvalue weighted by Gasteiger charge is -2.28. The smallest absolute Gasteiger partial charge is 0.390 e. The number of carbonyl (C=O) groups is 1. The largest absolute Gasteiger partial charge is 0.472 e. The Morgan fingerprint density at radius 1 is 0.493 bits per heavy atom. The monoisotopic (exact) mass is 1060 g/mol. The molecule has 4 unspecified atom stereocenters. The molecular weight excluding hydrogens is 952 g/mol. The number of quaternary nitrogens is 1. The van der Waals surface area contributed by atoms with E-state index in [0.29, 0.717) is 30.3 Å². The van der Waals surface area contributed by atoms with Crippen molar-refractivity contribution in [2.45, 2.75) is 218 Å². The summed E-state index contributed by atoms with van der Waals surface area (Å²) in [6, 6.07) is -1.07. The van der Waals surface area contributed by atoms with Crippen molar-refractivity contribution in [2.24, 2.45) is 0 Å². The minimum atomic E-state index is -4.44. The molecule has 0 aromatic rings. The molecule has 0 rings (SSSR count). The standard InChI is InChI=1S/C65H109N2O7P/c1-6-8-10-12-14-16-18-20-21-22-23-24-25-26-27-28-29-30-31-32-33-34-35-36-37-38-39-40-41-42-43-44-45-46-48-50-52-54-56-58-64(69)66-62(61-74-75(71,72)73-60-59-67(3,4)5)65(70)63(68)57-55-53-51-49-47-19-17-15-13-11-9-7-2/h7-10,14-17,20-21,23-24,26-27,29-30,32-33,35-36,38-39,49,51,62-63,65,68,70H,6,11-13,18-19,22,25,28,31,34,37,40-48,50,52-61H2,1-5H3,(H-,66,69,71,72)/p+1/b9-7+,10-8-,16-14-,17-15+,21-20-,24-23-,27-26-,30-29-,33-32-,36-35-,39-38-,51-49+. The molecule has 0 saturated carbocycles. The van der Waals surface area contributed by atoms with Crippen molar-refractivity contribution in [3.05, 3.63) is 146 Å². The zero-order chi connectivity index (χ0) is 55.0. The average Bonchev–Trinajstić information content (AvgIpc) is 3.37. The summed E-state index contributed by atoms with van der Waals surface area (Å²) in [6.07, 6.45) is 79.6. The Bertz CT molecular complexity index is 1740. The van der Waals surface area contributed by atoms with Crippen molar-refractivity contribution in [3.63, 3.8) is 0 Å². The molecule has 0 spiro atoms. The minimum absolute atomic E-state index is 0.00461. The number of aliphatic hydroxyl groups is 2. The van der Waals surface area contributed by atoms with Crippen molar-refractivity contribution >= 4 is 13.7 Å². The fourth-order valence-electron chi connectivity index (χ4n) is 7.64. The van der Waals surface area contributed by atoms with Crippen LogP contribution in [0.15, 0.2) is 146 Å². The number of phosphoric ester groups is 1. The highest BCUT2D eigenvalue weighted by atomic mass is 31.2. The molecule has 9 nitrogen and oxygen atoms in total. The number of carbonyl (C=O) groups excluding carboxylic acids is 1. The molecule has 0 bridgehead atoms. The molecule has 0 heterocycles. The third-order valence-corrected chi connectivity index (χ3v) is 13.2. The quantitative estimate of drug-likeness (QED) is 0.0207. The van der Waals surface area contributed by atoms with Crippen LogP contribution in [0.4, 0.5) is 0 Å². The Hall–Kier alpha value is -3.66. The van der Waals surface area contributed by atoms with Crippen LogP contribution >= 0.6 is 7.82 Å². The van der Waals surface area contributed by atoms with E-state index in [4.69, 9.17) is 9.05 Å². The normalized spacial score (nSPS) is 15.4. The zero-order valence-corrected chi connectivity index (χ0v) is 49.0. The Morgan fingerprint density at radius 2 is 0.853 bits per heavy atom. The maximum atomic E-state index is 13.0. The molecule has 10 heteroatoms. The van der Waals surface area contributed by atoms with Crippen LogP contribution in [0.1, 0.15) is 200 Å². The second kappa shape index (κ2) is 53.7. The molecule has 75 heavy (non-hydrogen) atoms. The molecular formula is C65H110N2O7P+. The number of hydrogen-bond acceptors (Lipinski definition) is 6. The van der Waals surface area contributed by atoms with Crippen LogP contribution in [0.5, 0.6) is 0 Å². The zero-order valence-electron chi connectivity index (χ0n) is 48.1. The lowest BCUT2D eigenvalue weighted by Crippen LogP contribution is -2.51. The maximum absolute atomic E-state index is 13.0. The first-order valence-corrected chi connectivity index (χ1v) is 30.7. The van der Waals surface area contributed by atoms with E-state index in [1.165, 1.54) is 44.9 Å². The molecule has 0 saturated heterocycles. The van der Waals surface area contributed by atoms with Gasteiger partial charge in [0.2, 0.25) is 5.91 Å². The molecule has 0 aromatic carbocycles. The predicted octanol–water partition coefficient (Wildman–Crippen LogP) is 17.1. The van der Waals surface area contributed by atoms with Crippen LogP contribution in [-0.2, 0) is 18.4 Å². The second-order valence-corrected chi connectivity index (χ2v) is 21.9. The van der Waals surface area contributed by atoms with E-state index in [0.717, 1.165) is 116 Å². The number of allylic oxidation sites excluding steroid dienone is 24. The summed E-state index contributed by atoms with van der Waals surface area (Å²) in [4.78, 5) is 23.3. The number of likely N-dealkylation sites (N-methyl/N-ethyl adjacent to an activating group) is 1. The van der Waals surface area contributed by atoms with Gasteiger partial charge in [0.25, 0.3) is 0 Å². The highest BCUT2D eigenvalue weighted by molar-refractivity contribution is 7.47. The number of rotatable bonds is 51. The van der Waals surface area contributed by atoms with Crippen LogP contribution in [0.25, 0.3) is 0 Å². The third kappa shape index (κ3) is 54.9. The van der Waals surface area contributed by atoms with Crippen LogP contribution < -0.4 is 5.32 Å². The van der Waals surface area contributed by atoms with Gasteiger partial charge in [0.05, 0.1) is 39.9 Å². The molecule has 4 atom stereocenters. The van der Waals surface area contributed by atoms with Gasteiger partial charge in [-0.3, -0.25) is 13.8 Å². The Kier molecular flexibility index (Phi) is 51.1. The Labute approximate surface area is 460 Å². The first-order chi connectivity index (χ1) is 36.4.